The second-order valence-electron chi connectivity index (χ2n) is 4.05. The molecule has 0 unspecified atom stereocenters. The van der Waals surface area contributed by atoms with E-state index in [1.165, 1.54) is 0 Å². The number of urea groups is 1. The van der Waals surface area contributed by atoms with Gasteiger partial charge in [-0.2, -0.15) is 0 Å². The topological polar surface area (TPSA) is 41.1 Å². The lowest BCUT2D eigenvalue weighted by atomic mass is 10.2. The van der Waals surface area contributed by atoms with Gasteiger partial charge in [-0.1, -0.05) is 17.7 Å². The molecule has 0 aliphatic carbocycles. The molecule has 0 aliphatic rings. The van der Waals surface area contributed by atoms with Crippen LogP contribution in [0.5, 0.6) is 0 Å². The normalized spacial score (nSPS) is 10.1. The SMILES string of the molecule is Cc1cc(I)ccc1NC(=O)Nc1cccc(Cl)c1. The Morgan fingerprint density at radius 2 is 1.95 bits per heavy atom. The van der Waals surface area contributed by atoms with Crippen LogP contribution in [0.2, 0.25) is 5.02 Å². The molecule has 98 valence electrons. The van der Waals surface area contributed by atoms with Crippen LogP contribution in [0.4, 0.5) is 16.2 Å². The van der Waals surface area contributed by atoms with Crippen molar-refractivity contribution < 1.29 is 4.79 Å². The average molecular weight is 387 g/mol. The lowest BCUT2D eigenvalue weighted by Crippen LogP contribution is -2.19. The fourth-order valence-electron chi connectivity index (χ4n) is 1.62. The van der Waals surface area contributed by atoms with Crippen molar-refractivity contribution in [2.24, 2.45) is 0 Å². The molecule has 2 amide bonds. The van der Waals surface area contributed by atoms with Crippen LogP contribution in [0.15, 0.2) is 42.5 Å². The summed E-state index contributed by atoms with van der Waals surface area (Å²) >= 11 is 8.09. The summed E-state index contributed by atoms with van der Waals surface area (Å²) < 4.78 is 1.14. The molecule has 2 aromatic carbocycles. The van der Waals surface area contributed by atoms with Crippen LogP contribution in [0.25, 0.3) is 0 Å². The van der Waals surface area contributed by atoms with Gasteiger partial charge in [0.15, 0.2) is 0 Å². The van der Waals surface area contributed by atoms with Gasteiger partial charge in [0.1, 0.15) is 0 Å². The minimum atomic E-state index is -0.286. The van der Waals surface area contributed by atoms with E-state index in [1.54, 1.807) is 24.3 Å². The molecule has 0 heterocycles. The summed E-state index contributed by atoms with van der Waals surface area (Å²) in [6, 6.07) is 12.6. The molecule has 19 heavy (non-hydrogen) atoms. The molecule has 0 spiro atoms. The Bertz CT molecular complexity index is 616. The highest BCUT2D eigenvalue weighted by Crippen LogP contribution is 2.19. The van der Waals surface area contributed by atoms with Crippen LogP contribution >= 0.6 is 34.2 Å². The zero-order valence-corrected chi connectivity index (χ0v) is 13.1. The van der Waals surface area contributed by atoms with E-state index >= 15 is 0 Å². The summed E-state index contributed by atoms with van der Waals surface area (Å²) in [5.41, 5.74) is 2.47. The molecular formula is C14H12ClIN2O. The minimum absolute atomic E-state index is 0.286. The fraction of sp³-hybridized carbons (Fsp3) is 0.0714. The van der Waals surface area contributed by atoms with Gasteiger partial charge in [0.2, 0.25) is 0 Å². The number of halogens is 2. The summed E-state index contributed by atoms with van der Waals surface area (Å²) in [6.45, 7) is 1.96. The molecular weight excluding hydrogens is 375 g/mol. The molecule has 0 bridgehead atoms. The molecule has 0 saturated heterocycles. The van der Waals surface area contributed by atoms with Gasteiger partial charge in [0.25, 0.3) is 0 Å². The van der Waals surface area contributed by atoms with Gasteiger partial charge in [0, 0.05) is 20.0 Å². The molecule has 0 atom stereocenters. The highest BCUT2D eigenvalue weighted by molar-refractivity contribution is 14.1. The summed E-state index contributed by atoms with van der Waals surface area (Å²) in [5.74, 6) is 0. The first-order valence-electron chi connectivity index (χ1n) is 5.64. The third kappa shape index (κ3) is 4.11. The number of amides is 2. The molecule has 0 saturated carbocycles. The average Bonchev–Trinajstić information content (AvgIpc) is 2.33. The van der Waals surface area contributed by atoms with Gasteiger partial charge in [-0.25, -0.2) is 4.79 Å². The molecule has 0 radical (unpaired) electrons. The first-order chi connectivity index (χ1) is 9.04. The molecule has 2 rings (SSSR count). The number of rotatable bonds is 2. The van der Waals surface area contributed by atoms with Crippen LogP contribution in [-0.2, 0) is 0 Å². The Morgan fingerprint density at radius 1 is 1.16 bits per heavy atom. The Balaban J connectivity index is 2.05. The van der Waals surface area contributed by atoms with Crippen molar-refractivity contribution in [1.29, 1.82) is 0 Å². The van der Waals surface area contributed by atoms with Crippen LogP contribution in [0, 0.1) is 10.5 Å². The third-order valence-corrected chi connectivity index (χ3v) is 3.43. The zero-order chi connectivity index (χ0) is 13.8. The van der Waals surface area contributed by atoms with Crippen LogP contribution in [0.3, 0.4) is 0 Å². The van der Waals surface area contributed by atoms with Crippen molar-refractivity contribution in [3.05, 3.63) is 56.6 Å². The maximum atomic E-state index is 11.9. The molecule has 2 N–H and O–H groups in total. The van der Waals surface area contributed by atoms with Crippen LogP contribution < -0.4 is 10.6 Å². The number of aryl methyl sites for hydroxylation is 1. The predicted molar refractivity (Wildman–Crippen MR) is 88.0 cm³/mol. The summed E-state index contributed by atoms with van der Waals surface area (Å²) in [5, 5.41) is 6.13. The van der Waals surface area contributed by atoms with Crippen molar-refractivity contribution in [2.45, 2.75) is 6.92 Å². The lowest BCUT2D eigenvalue weighted by molar-refractivity contribution is 0.262. The van der Waals surface area contributed by atoms with Gasteiger partial charge in [0.05, 0.1) is 0 Å². The third-order valence-electron chi connectivity index (χ3n) is 2.52. The molecule has 3 nitrogen and oxygen atoms in total. The largest absolute Gasteiger partial charge is 0.323 e. The van der Waals surface area contributed by atoms with Gasteiger partial charge < -0.3 is 10.6 Å². The standard InChI is InChI=1S/C14H12ClIN2O/c1-9-7-11(16)5-6-13(9)18-14(19)17-12-4-2-3-10(15)8-12/h2-8H,1H3,(H2,17,18,19). The molecule has 0 aliphatic heterocycles. The monoisotopic (exact) mass is 386 g/mol. The number of carbonyl (C=O) groups is 1. The van der Waals surface area contributed by atoms with Gasteiger partial charge in [-0.3, -0.25) is 0 Å². The second kappa shape index (κ2) is 6.25. The number of hydrogen-bond donors (Lipinski definition) is 2. The van der Waals surface area contributed by atoms with E-state index in [0.29, 0.717) is 10.7 Å². The van der Waals surface area contributed by atoms with Gasteiger partial charge in [-0.05, 0) is 71.5 Å². The van der Waals surface area contributed by atoms with E-state index in [2.05, 4.69) is 33.2 Å². The van der Waals surface area contributed by atoms with E-state index in [0.717, 1.165) is 14.8 Å². The van der Waals surface area contributed by atoms with E-state index in [9.17, 15) is 4.79 Å². The van der Waals surface area contributed by atoms with Crippen molar-refractivity contribution in [3.63, 3.8) is 0 Å². The zero-order valence-electron chi connectivity index (χ0n) is 10.2. The molecule has 2 aromatic rings. The molecule has 0 aromatic heterocycles. The Hall–Kier alpha value is -1.27. The van der Waals surface area contributed by atoms with E-state index in [-0.39, 0.29) is 6.03 Å². The lowest BCUT2D eigenvalue weighted by Gasteiger charge is -2.10. The first kappa shape index (κ1) is 14.1. The van der Waals surface area contributed by atoms with Crippen molar-refractivity contribution in [1.82, 2.24) is 0 Å². The fourth-order valence-corrected chi connectivity index (χ4v) is 2.46. The number of anilines is 2. The minimum Gasteiger partial charge on any atom is -0.308 e. The molecule has 5 heteroatoms. The predicted octanol–water partition coefficient (Wildman–Crippen LogP) is 4.90. The van der Waals surface area contributed by atoms with E-state index in [4.69, 9.17) is 11.6 Å². The van der Waals surface area contributed by atoms with Gasteiger partial charge in [-0.15, -0.1) is 0 Å². The van der Waals surface area contributed by atoms with E-state index < -0.39 is 0 Å². The second-order valence-corrected chi connectivity index (χ2v) is 5.73. The number of benzene rings is 2. The van der Waals surface area contributed by atoms with E-state index in [1.807, 2.05) is 25.1 Å². The highest BCUT2D eigenvalue weighted by Gasteiger charge is 2.05. The highest BCUT2D eigenvalue weighted by atomic mass is 127. The Labute approximate surface area is 130 Å². The Kier molecular flexibility index (Phi) is 4.66. The van der Waals surface area contributed by atoms with Crippen molar-refractivity contribution in [2.75, 3.05) is 10.6 Å². The summed E-state index contributed by atoms with van der Waals surface area (Å²) in [6.07, 6.45) is 0. The smallest absolute Gasteiger partial charge is 0.308 e. The maximum Gasteiger partial charge on any atom is 0.323 e. The summed E-state index contributed by atoms with van der Waals surface area (Å²) in [4.78, 5) is 11.9. The van der Waals surface area contributed by atoms with Crippen molar-refractivity contribution >= 4 is 51.6 Å². The molecule has 0 fully saturated rings. The number of hydrogen-bond acceptors (Lipinski definition) is 1. The summed E-state index contributed by atoms with van der Waals surface area (Å²) in [7, 11) is 0. The number of carbonyl (C=O) groups excluding carboxylic acids is 1. The van der Waals surface area contributed by atoms with Crippen LogP contribution in [-0.4, -0.2) is 6.03 Å². The maximum absolute atomic E-state index is 11.9. The van der Waals surface area contributed by atoms with Crippen molar-refractivity contribution in [3.8, 4) is 0 Å². The first-order valence-corrected chi connectivity index (χ1v) is 7.10. The quantitative estimate of drug-likeness (QED) is 0.708. The van der Waals surface area contributed by atoms with Crippen LogP contribution in [0.1, 0.15) is 5.56 Å². The number of nitrogens with one attached hydrogen (secondary N) is 2. The van der Waals surface area contributed by atoms with Gasteiger partial charge >= 0.3 is 6.03 Å². The Morgan fingerprint density at radius 3 is 2.63 bits per heavy atom.